The number of Topliss-reactive ketones (excluding diaryl/α,β-unsaturated/α-hetero) is 1. The third kappa shape index (κ3) is 4.38. The Morgan fingerprint density at radius 2 is 1.83 bits per heavy atom. The van der Waals surface area contributed by atoms with E-state index in [1.807, 2.05) is 13.0 Å². The largest absolute Gasteiger partial charge is 0.392 e. The summed E-state index contributed by atoms with van der Waals surface area (Å²) in [4.78, 5) is 33.7. The minimum Gasteiger partial charge on any atom is -0.392 e. The molecule has 2 N–H and O–H groups in total. The second kappa shape index (κ2) is 11.1. The molecule has 1 amide bonds. The molecule has 3 aromatic rings. The minimum absolute atomic E-state index is 0.0328. The lowest BCUT2D eigenvalue weighted by Crippen LogP contribution is -2.62. The number of carbonyl (C=O) groups is 2. The fourth-order valence-electron chi connectivity index (χ4n) is 13.0. The van der Waals surface area contributed by atoms with Crippen molar-refractivity contribution in [2.24, 2.45) is 28.6 Å². The number of rotatable bonds is 4. The Labute approximate surface area is 323 Å². The number of carbonyl (C=O) groups excluding carboxylic acids is 2. The van der Waals surface area contributed by atoms with Crippen LogP contribution in [0.3, 0.4) is 0 Å². The van der Waals surface area contributed by atoms with Gasteiger partial charge in [0.25, 0.3) is 5.91 Å². The Balaban J connectivity index is 1.22. The average Bonchev–Trinajstić information content (AvgIpc) is 3.86. The van der Waals surface area contributed by atoms with Gasteiger partial charge in [0.1, 0.15) is 16.7 Å². The van der Waals surface area contributed by atoms with E-state index in [1.165, 1.54) is 27.5 Å². The molecule has 9 atom stereocenters. The first kappa shape index (κ1) is 36.3. The molecule has 0 bridgehead atoms. The van der Waals surface area contributed by atoms with Crippen molar-refractivity contribution in [3.8, 4) is 0 Å². The third-order valence-corrected chi connectivity index (χ3v) is 16.2. The van der Waals surface area contributed by atoms with Crippen LogP contribution in [0, 0.1) is 28.6 Å². The number of aliphatic hydroxyl groups is 2. The van der Waals surface area contributed by atoms with E-state index in [-0.39, 0.29) is 34.4 Å². The summed E-state index contributed by atoms with van der Waals surface area (Å²) in [6, 6.07) is 1.78. The molecule has 4 heterocycles. The highest BCUT2D eigenvalue weighted by Crippen LogP contribution is 2.71. The van der Waals surface area contributed by atoms with Gasteiger partial charge in [0, 0.05) is 52.9 Å². The van der Waals surface area contributed by atoms with Crippen molar-refractivity contribution < 1.29 is 24.5 Å². The number of thiazole rings is 1. The van der Waals surface area contributed by atoms with E-state index in [4.69, 9.17) is 4.74 Å². The summed E-state index contributed by atoms with van der Waals surface area (Å²) in [6.45, 7) is 21.8. The molecule has 1 aromatic carbocycles. The van der Waals surface area contributed by atoms with Crippen molar-refractivity contribution in [1.82, 2.24) is 14.5 Å². The minimum atomic E-state index is -0.857. The number of aliphatic hydroxyl groups excluding tert-OH is 2. The van der Waals surface area contributed by atoms with Crippen molar-refractivity contribution in [2.75, 3.05) is 14.1 Å². The monoisotopic (exact) mass is 749 g/mol. The first-order chi connectivity index (χ1) is 25.2. The van der Waals surface area contributed by atoms with Gasteiger partial charge in [-0.1, -0.05) is 39.0 Å². The molecule has 0 radical (unpaired) electrons. The molecule has 6 aliphatic rings. The van der Waals surface area contributed by atoms with E-state index in [9.17, 15) is 19.8 Å². The maximum Gasteiger partial charge on any atom is 0.272 e. The normalized spacial score (nSPS) is 36.8. The Kier molecular flexibility index (Phi) is 7.49. The summed E-state index contributed by atoms with van der Waals surface area (Å²) in [7, 11) is 3.46. The summed E-state index contributed by atoms with van der Waals surface area (Å²) in [5.41, 5.74) is 6.17. The van der Waals surface area contributed by atoms with Gasteiger partial charge in [-0.05, 0) is 119 Å². The van der Waals surface area contributed by atoms with Crippen LogP contribution in [-0.4, -0.2) is 67.8 Å². The van der Waals surface area contributed by atoms with Crippen molar-refractivity contribution in [3.63, 3.8) is 0 Å². The lowest BCUT2D eigenvalue weighted by molar-refractivity contribution is -0.144. The van der Waals surface area contributed by atoms with Gasteiger partial charge in [-0.3, -0.25) is 9.59 Å². The number of aromatic nitrogens is 2. The van der Waals surface area contributed by atoms with Gasteiger partial charge in [0.15, 0.2) is 5.78 Å². The number of hydrogen-bond acceptors (Lipinski definition) is 7. The van der Waals surface area contributed by atoms with Crippen molar-refractivity contribution in [2.45, 2.75) is 122 Å². The molecule has 2 aromatic heterocycles. The first-order valence-corrected chi connectivity index (χ1v) is 20.7. The lowest BCUT2D eigenvalue weighted by Gasteiger charge is -2.64. The molecule has 0 spiro atoms. The number of nitrogens with zero attached hydrogens (tertiary/aromatic N) is 3. The highest BCUT2D eigenvalue weighted by atomic mass is 32.1. The van der Waals surface area contributed by atoms with Crippen LogP contribution < -0.4 is 0 Å². The number of fused-ring (bicyclic) bond motifs is 11. The third-order valence-electron chi connectivity index (χ3n) is 15.3. The molecule has 0 unspecified atom stereocenters. The zero-order chi connectivity index (χ0) is 38.8. The predicted octanol–water partition coefficient (Wildman–Crippen LogP) is 8.47. The van der Waals surface area contributed by atoms with Crippen LogP contribution in [0.4, 0.5) is 0 Å². The second-order valence-corrected chi connectivity index (χ2v) is 20.3. The maximum absolute atomic E-state index is 14.9. The van der Waals surface area contributed by atoms with Gasteiger partial charge in [0.2, 0.25) is 0 Å². The van der Waals surface area contributed by atoms with E-state index < -0.39 is 34.9 Å². The molecular formula is C45H55N3O5S. The van der Waals surface area contributed by atoms with Gasteiger partial charge < -0.3 is 24.4 Å². The summed E-state index contributed by atoms with van der Waals surface area (Å²) in [5.74, 6) is 0.186. The van der Waals surface area contributed by atoms with Crippen molar-refractivity contribution in [3.05, 3.63) is 74.4 Å². The quantitative estimate of drug-likeness (QED) is 0.260. The van der Waals surface area contributed by atoms with E-state index in [1.54, 1.807) is 19.5 Å². The Hall–Kier alpha value is -3.37. The molecule has 2 saturated carbocycles. The summed E-state index contributed by atoms with van der Waals surface area (Å²) in [5, 5.41) is 27.8. The molecule has 54 heavy (non-hydrogen) atoms. The van der Waals surface area contributed by atoms with Crippen molar-refractivity contribution in [1.29, 1.82) is 0 Å². The zero-order valence-corrected chi connectivity index (χ0v) is 34.3. The van der Waals surface area contributed by atoms with Crippen LogP contribution in [-0.2, 0) is 16.6 Å². The smallest absolute Gasteiger partial charge is 0.272 e. The van der Waals surface area contributed by atoms with E-state index in [0.717, 1.165) is 63.9 Å². The van der Waals surface area contributed by atoms with Gasteiger partial charge in [-0.25, -0.2) is 4.98 Å². The molecule has 9 heteroatoms. The van der Waals surface area contributed by atoms with Gasteiger partial charge in [-0.2, -0.15) is 0 Å². The van der Waals surface area contributed by atoms with Crippen molar-refractivity contribution >= 4 is 45.6 Å². The predicted molar refractivity (Wildman–Crippen MR) is 214 cm³/mol. The molecular weight excluding hydrogens is 695 g/mol. The highest BCUT2D eigenvalue weighted by Gasteiger charge is 2.68. The molecule has 286 valence electrons. The Bertz CT molecular complexity index is 2270. The summed E-state index contributed by atoms with van der Waals surface area (Å²) < 4.78 is 8.91. The van der Waals surface area contributed by atoms with E-state index in [0.29, 0.717) is 23.6 Å². The lowest BCUT2D eigenvalue weighted by atomic mass is 9.40. The SMILES string of the molecule is C=C(C)[C@H]1C(=O)c2c3c(cc4c5c(n1c24)[C@@]1(C)[C@@H](CC[C@H]2[C@](C)(/C=C/c4nc(C(=O)N(C)C)cs4)[C@@H](O)CC[C@@]21C)C5)C1=CC(C)(C)OC(C)(C)[C@H]1[C@@H]3O. The number of ketones is 1. The molecule has 9 rings (SSSR count). The topological polar surface area (TPSA) is 105 Å². The molecule has 8 nitrogen and oxygen atoms in total. The average molecular weight is 750 g/mol. The fourth-order valence-corrected chi connectivity index (χ4v) is 13.7. The first-order valence-electron chi connectivity index (χ1n) is 19.8. The molecule has 2 fully saturated rings. The molecule has 2 aliphatic heterocycles. The van der Waals surface area contributed by atoms with Crippen LogP contribution in [0.15, 0.2) is 35.8 Å². The summed E-state index contributed by atoms with van der Waals surface area (Å²) in [6.07, 6.45) is 9.50. The van der Waals surface area contributed by atoms with Crippen LogP contribution in [0.2, 0.25) is 0 Å². The van der Waals surface area contributed by atoms with Crippen LogP contribution in [0.25, 0.3) is 22.6 Å². The van der Waals surface area contributed by atoms with Gasteiger partial charge in [0.05, 0.1) is 34.5 Å². The zero-order valence-electron chi connectivity index (χ0n) is 33.5. The fraction of sp³-hybridized carbons (Fsp3) is 0.578. The van der Waals surface area contributed by atoms with E-state index in [2.05, 4.69) is 82.8 Å². The van der Waals surface area contributed by atoms with Crippen LogP contribution >= 0.6 is 11.3 Å². The number of ether oxygens (including phenoxy) is 1. The van der Waals surface area contributed by atoms with Crippen LogP contribution in [0.5, 0.6) is 0 Å². The highest BCUT2D eigenvalue weighted by molar-refractivity contribution is 7.10. The number of benzene rings is 1. The standard InChI is InChI=1S/C45H55N3O5S/c1-22(2)35-38(51)33-32-24(27-20-41(3,4)53-42(5,6)34(27)37(32)50)19-25-26-18-23-12-13-29-43(7,16-15-31-46-28(21-54-31)40(52)47(10)11)30(49)14-17-44(29,8)45(23,9)39(26)48(35)36(25)33/h15-16,19-21,23,29-30,34-35,37,49-50H,1,12-14,17-18H2,2-11H3/b16-15+/t23-,29-,30-,34+,35-,37+,43-,44-,45+/m0/s1. The number of amides is 1. The summed E-state index contributed by atoms with van der Waals surface area (Å²) >= 11 is 1.45. The maximum atomic E-state index is 14.9. The van der Waals surface area contributed by atoms with E-state index >= 15 is 0 Å². The number of hydrogen-bond donors (Lipinski definition) is 2. The van der Waals surface area contributed by atoms with Crippen LogP contribution in [0.1, 0.15) is 141 Å². The number of allylic oxidation sites excluding steroid dienone is 1. The van der Waals surface area contributed by atoms with Gasteiger partial charge in [-0.15, -0.1) is 11.3 Å². The molecule has 0 saturated heterocycles. The van der Waals surface area contributed by atoms with Gasteiger partial charge >= 0.3 is 0 Å². The molecule has 4 aliphatic carbocycles. The Morgan fingerprint density at radius 3 is 2.52 bits per heavy atom. The second-order valence-electron chi connectivity index (χ2n) is 19.4. The Morgan fingerprint density at radius 1 is 1.11 bits per heavy atom.